The van der Waals surface area contributed by atoms with Crippen molar-refractivity contribution >= 4 is 17.6 Å². The smallest absolute Gasteiger partial charge is 0.371 e. The predicted molar refractivity (Wildman–Crippen MR) is 107 cm³/mol. The second-order valence-corrected chi connectivity index (χ2v) is 6.20. The Kier molecular flexibility index (Phi) is 6.19. The number of ether oxygens (including phenoxy) is 2. The van der Waals surface area contributed by atoms with Crippen LogP contribution in [0.2, 0.25) is 0 Å². The molecule has 0 aliphatic heterocycles. The van der Waals surface area contributed by atoms with Crippen molar-refractivity contribution < 1.29 is 28.6 Å². The molecule has 1 heterocycles. The van der Waals surface area contributed by atoms with Crippen molar-refractivity contribution in [3.05, 3.63) is 77.7 Å². The van der Waals surface area contributed by atoms with Crippen LogP contribution in [0.25, 0.3) is 0 Å². The molecule has 29 heavy (non-hydrogen) atoms. The van der Waals surface area contributed by atoms with Crippen molar-refractivity contribution in [1.82, 2.24) is 0 Å². The van der Waals surface area contributed by atoms with Crippen molar-refractivity contribution in [2.24, 2.45) is 0 Å². The molecule has 1 aromatic heterocycles. The van der Waals surface area contributed by atoms with E-state index in [1.54, 1.807) is 61.5 Å². The molecule has 0 radical (unpaired) electrons. The van der Waals surface area contributed by atoms with Crippen molar-refractivity contribution in [2.45, 2.75) is 20.0 Å². The number of carboxylic acid groups (broad SMARTS) is 1. The van der Waals surface area contributed by atoms with Gasteiger partial charge in [0, 0.05) is 11.3 Å². The van der Waals surface area contributed by atoms with Crippen molar-refractivity contribution in [3.8, 4) is 11.5 Å². The topological polar surface area (TPSA) is 98.0 Å². The molecule has 3 rings (SSSR count). The lowest BCUT2D eigenvalue weighted by molar-refractivity contribution is 0.0655. The van der Waals surface area contributed by atoms with E-state index in [9.17, 15) is 9.59 Å². The van der Waals surface area contributed by atoms with Gasteiger partial charge in [-0.25, -0.2) is 4.79 Å². The Morgan fingerprint density at radius 3 is 2.24 bits per heavy atom. The van der Waals surface area contributed by atoms with Gasteiger partial charge in [0.05, 0.1) is 6.61 Å². The summed E-state index contributed by atoms with van der Waals surface area (Å²) >= 11 is 0. The number of furan rings is 1. The number of aromatic carboxylic acids is 1. The Balaban J connectivity index is 1.59. The molecular formula is C22H21NO6. The van der Waals surface area contributed by atoms with Crippen LogP contribution < -0.4 is 14.8 Å². The molecule has 1 unspecified atom stereocenters. The molecule has 7 heteroatoms. The monoisotopic (exact) mass is 395 g/mol. The molecule has 1 amide bonds. The third kappa shape index (κ3) is 5.16. The lowest BCUT2D eigenvalue weighted by Gasteiger charge is -2.13. The van der Waals surface area contributed by atoms with E-state index in [4.69, 9.17) is 19.0 Å². The molecule has 150 valence electrons. The van der Waals surface area contributed by atoms with Gasteiger partial charge in [0.25, 0.3) is 5.91 Å². The molecule has 0 bridgehead atoms. The van der Waals surface area contributed by atoms with E-state index in [2.05, 4.69) is 5.32 Å². The Hall–Kier alpha value is -3.74. The van der Waals surface area contributed by atoms with Crippen LogP contribution in [-0.2, 0) is 0 Å². The largest absolute Gasteiger partial charge is 0.494 e. The van der Waals surface area contributed by atoms with Crippen LogP contribution in [0.15, 0.2) is 65.1 Å². The van der Waals surface area contributed by atoms with Crippen LogP contribution in [0.3, 0.4) is 0 Å². The fraction of sp³-hybridized carbons (Fsp3) is 0.182. The molecule has 0 fully saturated rings. The van der Waals surface area contributed by atoms with E-state index in [-0.39, 0.29) is 11.7 Å². The van der Waals surface area contributed by atoms with E-state index in [0.29, 0.717) is 29.4 Å². The molecule has 0 saturated carbocycles. The van der Waals surface area contributed by atoms with E-state index in [0.717, 1.165) is 5.75 Å². The highest BCUT2D eigenvalue weighted by Crippen LogP contribution is 2.24. The van der Waals surface area contributed by atoms with E-state index in [1.165, 1.54) is 6.07 Å². The van der Waals surface area contributed by atoms with Gasteiger partial charge in [-0.3, -0.25) is 4.79 Å². The first-order chi connectivity index (χ1) is 14.0. The highest BCUT2D eigenvalue weighted by molar-refractivity contribution is 6.04. The number of carbonyl (C=O) groups excluding carboxylic acids is 1. The quantitative estimate of drug-likeness (QED) is 0.570. The normalized spacial score (nSPS) is 11.5. The van der Waals surface area contributed by atoms with Crippen molar-refractivity contribution in [2.75, 3.05) is 11.9 Å². The maximum atomic E-state index is 12.4. The molecule has 3 aromatic rings. The first-order valence-corrected chi connectivity index (χ1v) is 9.10. The van der Waals surface area contributed by atoms with E-state index < -0.39 is 12.1 Å². The van der Waals surface area contributed by atoms with Crippen LogP contribution >= 0.6 is 0 Å². The zero-order valence-electron chi connectivity index (χ0n) is 16.0. The highest BCUT2D eigenvalue weighted by atomic mass is 16.5. The zero-order valence-corrected chi connectivity index (χ0v) is 16.0. The molecule has 1 atom stereocenters. The average Bonchev–Trinajstić information content (AvgIpc) is 3.21. The summed E-state index contributed by atoms with van der Waals surface area (Å²) in [6, 6.07) is 16.7. The number of benzene rings is 2. The van der Waals surface area contributed by atoms with Gasteiger partial charge >= 0.3 is 5.97 Å². The Morgan fingerprint density at radius 1 is 1.00 bits per heavy atom. The van der Waals surface area contributed by atoms with Gasteiger partial charge in [-0.1, -0.05) is 0 Å². The summed E-state index contributed by atoms with van der Waals surface area (Å²) in [5, 5.41) is 11.7. The standard InChI is InChI=1S/C22H21NO6/c1-3-27-17-10-6-16(7-11-17)23-21(24)15-4-8-18(9-5-15)28-14(2)19-12-13-20(29-19)22(25)26/h4-14H,3H2,1-2H3,(H,23,24)(H,25,26). The number of rotatable bonds is 8. The summed E-state index contributed by atoms with van der Waals surface area (Å²) in [6.07, 6.45) is -0.480. The number of carboxylic acids is 1. The highest BCUT2D eigenvalue weighted by Gasteiger charge is 2.16. The molecule has 0 aliphatic carbocycles. The average molecular weight is 395 g/mol. The number of anilines is 1. The van der Waals surface area contributed by atoms with Crippen LogP contribution in [0.4, 0.5) is 5.69 Å². The van der Waals surface area contributed by atoms with Crippen LogP contribution in [0, 0.1) is 0 Å². The molecule has 2 aromatic carbocycles. The van der Waals surface area contributed by atoms with E-state index in [1.807, 2.05) is 6.92 Å². The van der Waals surface area contributed by atoms with E-state index >= 15 is 0 Å². The molecule has 0 spiro atoms. The fourth-order valence-electron chi connectivity index (χ4n) is 2.64. The summed E-state index contributed by atoms with van der Waals surface area (Å²) in [4.78, 5) is 23.3. The molecular weight excluding hydrogens is 374 g/mol. The number of carbonyl (C=O) groups is 2. The third-order valence-electron chi connectivity index (χ3n) is 4.09. The van der Waals surface area contributed by atoms with Gasteiger partial charge in [-0.05, 0) is 74.5 Å². The second kappa shape index (κ2) is 8.97. The Bertz CT molecular complexity index is 975. The summed E-state index contributed by atoms with van der Waals surface area (Å²) < 4.78 is 16.4. The first kappa shape index (κ1) is 20.0. The van der Waals surface area contributed by atoms with Gasteiger partial charge in [0.15, 0.2) is 6.10 Å². The van der Waals surface area contributed by atoms with Gasteiger partial charge in [-0.2, -0.15) is 0 Å². The number of hydrogen-bond donors (Lipinski definition) is 2. The van der Waals surface area contributed by atoms with Gasteiger partial charge in [-0.15, -0.1) is 0 Å². The van der Waals surface area contributed by atoms with Gasteiger partial charge < -0.3 is 24.3 Å². The van der Waals surface area contributed by atoms with Gasteiger partial charge in [0.2, 0.25) is 5.76 Å². The lowest BCUT2D eigenvalue weighted by atomic mass is 10.2. The summed E-state index contributed by atoms with van der Waals surface area (Å²) in [6.45, 7) is 4.24. The van der Waals surface area contributed by atoms with Crippen LogP contribution in [0.1, 0.15) is 46.6 Å². The molecule has 0 saturated heterocycles. The SMILES string of the molecule is CCOc1ccc(NC(=O)c2ccc(OC(C)c3ccc(C(=O)O)o3)cc2)cc1. The zero-order chi connectivity index (χ0) is 20.8. The minimum atomic E-state index is -1.13. The molecule has 7 nitrogen and oxygen atoms in total. The third-order valence-corrected chi connectivity index (χ3v) is 4.09. The molecule has 0 aliphatic rings. The first-order valence-electron chi connectivity index (χ1n) is 9.10. The summed E-state index contributed by atoms with van der Waals surface area (Å²) in [5.41, 5.74) is 1.14. The maximum absolute atomic E-state index is 12.4. The minimum Gasteiger partial charge on any atom is -0.494 e. The van der Waals surface area contributed by atoms with Crippen molar-refractivity contribution in [1.29, 1.82) is 0 Å². The van der Waals surface area contributed by atoms with Crippen LogP contribution in [0.5, 0.6) is 11.5 Å². The predicted octanol–water partition coefficient (Wildman–Crippen LogP) is 4.77. The lowest BCUT2D eigenvalue weighted by Crippen LogP contribution is -2.11. The minimum absolute atomic E-state index is 0.142. The summed E-state index contributed by atoms with van der Waals surface area (Å²) in [7, 11) is 0. The summed E-state index contributed by atoms with van der Waals surface area (Å²) in [5.74, 6) is 0.158. The Labute approximate surface area is 167 Å². The number of nitrogens with one attached hydrogen (secondary N) is 1. The second-order valence-electron chi connectivity index (χ2n) is 6.20. The molecule has 2 N–H and O–H groups in total. The number of amides is 1. The van der Waals surface area contributed by atoms with Crippen molar-refractivity contribution in [3.63, 3.8) is 0 Å². The number of hydrogen-bond acceptors (Lipinski definition) is 5. The fourth-order valence-corrected chi connectivity index (χ4v) is 2.64. The maximum Gasteiger partial charge on any atom is 0.371 e. The van der Waals surface area contributed by atoms with Gasteiger partial charge in [0.1, 0.15) is 17.3 Å². The Morgan fingerprint density at radius 2 is 1.66 bits per heavy atom. The van der Waals surface area contributed by atoms with Crippen LogP contribution in [-0.4, -0.2) is 23.6 Å².